The van der Waals surface area contributed by atoms with Crippen molar-refractivity contribution < 1.29 is 0 Å². The van der Waals surface area contributed by atoms with Gasteiger partial charge in [0.25, 0.3) is 0 Å². The van der Waals surface area contributed by atoms with Crippen LogP contribution >= 0.6 is 11.6 Å². The zero-order valence-electron chi connectivity index (χ0n) is 11.7. The van der Waals surface area contributed by atoms with E-state index in [4.69, 9.17) is 11.6 Å². The van der Waals surface area contributed by atoms with E-state index in [2.05, 4.69) is 42.2 Å². The summed E-state index contributed by atoms with van der Waals surface area (Å²) in [5, 5.41) is 8.29. The molecular formula is C14H19ClN4. The van der Waals surface area contributed by atoms with Gasteiger partial charge in [0.1, 0.15) is 0 Å². The molecule has 0 bridgehead atoms. The van der Waals surface area contributed by atoms with E-state index in [0.717, 1.165) is 11.4 Å². The Kier molecular flexibility index (Phi) is 4.22. The molecule has 0 amide bonds. The maximum atomic E-state index is 6.30. The number of rotatable bonds is 4. The van der Waals surface area contributed by atoms with E-state index in [-0.39, 0.29) is 12.1 Å². The van der Waals surface area contributed by atoms with Crippen molar-refractivity contribution in [1.82, 2.24) is 20.1 Å². The Balaban J connectivity index is 2.51. The second-order valence-electron chi connectivity index (χ2n) is 4.90. The van der Waals surface area contributed by atoms with Crippen LogP contribution in [0.25, 0.3) is 0 Å². The van der Waals surface area contributed by atoms with Gasteiger partial charge in [-0.3, -0.25) is 9.67 Å². The van der Waals surface area contributed by atoms with E-state index in [9.17, 15) is 0 Å². The summed E-state index contributed by atoms with van der Waals surface area (Å²) in [6, 6.07) is 4.24. The lowest BCUT2D eigenvalue weighted by Crippen LogP contribution is -2.23. The van der Waals surface area contributed by atoms with E-state index in [1.807, 2.05) is 24.0 Å². The molecule has 1 unspecified atom stereocenters. The molecule has 5 heteroatoms. The molecule has 19 heavy (non-hydrogen) atoms. The normalized spacial score (nSPS) is 12.9. The fourth-order valence-electron chi connectivity index (χ4n) is 2.17. The molecule has 2 aromatic heterocycles. The van der Waals surface area contributed by atoms with Crippen LogP contribution < -0.4 is 5.32 Å². The molecule has 2 aromatic rings. The van der Waals surface area contributed by atoms with Crippen LogP contribution in [0, 0.1) is 6.92 Å². The van der Waals surface area contributed by atoms with Crippen LogP contribution in [0.15, 0.2) is 24.5 Å². The van der Waals surface area contributed by atoms with E-state index in [0.29, 0.717) is 5.02 Å². The molecule has 4 nitrogen and oxygen atoms in total. The summed E-state index contributed by atoms with van der Waals surface area (Å²) in [6.45, 7) is 6.23. The van der Waals surface area contributed by atoms with Gasteiger partial charge in [0.15, 0.2) is 0 Å². The number of hydrogen-bond acceptors (Lipinski definition) is 3. The molecule has 0 aliphatic rings. The predicted molar refractivity (Wildman–Crippen MR) is 77.5 cm³/mol. The molecule has 0 aliphatic heterocycles. The summed E-state index contributed by atoms with van der Waals surface area (Å²) in [5.74, 6) is 0. The van der Waals surface area contributed by atoms with Gasteiger partial charge in [-0.1, -0.05) is 11.6 Å². The van der Waals surface area contributed by atoms with Crippen molar-refractivity contribution in [3.05, 3.63) is 46.5 Å². The molecule has 1 atom stereocenters. The van der Waals surface area contributed by atoms with Gasteiger partial charge in [0.05, 0.1) is 28.6 Å². The van der Waals surface area contributed by atoms with Crippen molar-refractivity contribution >= 4 is 11.6 Å². The maximum absolute atomic E-state index is 6.30. The lowest BCUT2D eigenvalue weighted by atomic mass is 10.1. The fourth-order valence-corrected chi connectivity index (χ4v) is 2.41. The molecule has 0 radical (unpaired) electrons. The number of aromatic nitrogens is 3. The van der Waals surface area contributed by atoms with Crippen LogP contribution in [0.4, 0.5) is 0 Å². The first-order chi connectivity index (χ1) is 9.04. The topological polar surface area (TPSA) is 42.7 Å². The fraction of sp³-hybridized carbons (Fsp3) is 0.429. The standard InChI is InChI=1S/C14H19ClN4/c1-9(2)19-14(11(15)8-18-19)13(16-4)12-7-10(3)5-6-17-12/h5-9,13,16H,1-4H3. The summed E-state index contributed by atoms with van der Waals surface area (Å²) >= 11 is 6.30. The Hall–Kier alpha value is -1.39. The average Bonchev–Trinajstić information content (AvgIpc) is 2.73. The highest BCUT2D eigenvalue weighted by molar-refractivity contribution is 6.31. The molecule has 0 fully saturated rings. The Labute approximate surface area is 118 Å². The van der Waals surface area contributed by atoms with Gasteiger partial charge in [-0.15, -0.1) is 0 Å². The highest BCUT2D eigenvalue weighted by atomic mass is 35.5. The molecular weight excluding hydrogens is 260 g/mol. The summed E-state index contributed by atoms with van der Waals surface area (Å²) in [5.41, 5.74) is 3.08. The third kappa shape index (κ3) is 2.80. The minimum Gasteiger partial charge on any atom is -0.307 e. The van der Waals surface area contributed by atoms with Gasteiger partial charge < -0.3 is 5.32 Å². The second-order valence-corrected chi connectivity index (χ2v) is 5.30. The van der Waals surface area contributed by atoms with Crippen molar-refractivity contribution in [2.75, 3.05) is 7.05 Å². The minimum absolute atomic E-state index is 0.0581. The number of nitrogens with one attached hydrogen (secondary N) is 1. The summed E-state index contributed by atoms with van der Waals surface area (Å²) in [7, 11) is 1.91. The quantitative estimate of drug-likeness (QED) is 0.934. The summed E-state index contributed by atoms with van der Waals surface area (Å²) in [6.07, 6.45) is 3.51. The van der Waals surface area contributed by atoms with Gasteiger partial charge >= 0.3 is 0 Å². The van der Waals surface area contributed by atoms with E-state index in [1.165, 1.54) is 5.56 Å². The van der Waals surface area contributed by atoms with Gasteiger partial charge in [0.2, 0.25) is 0 Å². The first-order valence-corrected chi connectivity index (χ1v) is 6.75. The first-order valence-electron chi connectivity index (χ1n) is 6.37. The van der Waals surface area contributed by atoms with Crippen molar-refractivity contribution in [3.8, 4) is 0 Å². The highest BCUT2D eigenvalue weighted by Crippen LogP contribution is 2.29. The summed E-state index contributed by atoms with van der Waals surface area (Å²) in [4.78, 5) is 4.45. The van der Waals surface area contributed by atoms with E-state index in [1.54, 1.807) is 6.20 Å². The molecule has 0 aromatic carbocycles. The van der Waals surface area contributed by atoms with Gasteiger partial charge in [-0.25, -0.2) is 0 Å². The zero-order valence-corrected chi connectivity index (χ0v) is 12.4. The average molecular weight is 279 g/mol. The minimum atomic E-state index is -0.0581. The second kappa shape index (κ2) is 5.72. The Morgan fingerprint density at radius 1 is 1.37 bits per heavy atom. The van der Waals surface area contributed by atoms with Crippen LogP contribution in [-0.2, 0) is 0 Å². The van der Waals surface area contributed by atoms with Crippen molar-refractivity contribution in [2.45, 2.75) is 32.9 Å². The van der Waals surface area contributed by atoms with Crippen LogP contribution in [0.2, 0.25) is 5.02 Å². The third-order valence-corrected chi connectivity index (χ3v) is 3.36. The SMILES string of the molecule is CNC(c1cc(C)ccn1)c1c(Cl)cnn1C(C)C. The molecule has 0 saturated heterocycles. The van der Waals surface area contributed by atoms with Crippen LogP contribution in [-0.4, -0.2) is 21.8 Å². The van der Waals surface area contributed by atoms with Gasteiger partial charge in [-0.2, -0.15) is 5.10 Å². The molecule has 0 aliphatic carbocycles. The Morgan fingerprint density at radius 2 is 2.11 bits per heavy atom. The predicted octanol–water partition coefficient (Wildman–Crippen LogP) is 3.13. The lowest BCUT2D eigenvalue weighted by molar-refractivity contribution is 0.481. The smallest absolute Gasteiger partial charge is 0.0934 e. The third-order valence-electron chi connectivity index (χ3n) is 3.07. The number of aryl methyl sites for hydroxylation is 1. The Bertz CT molecular complexity index is 562. The number of hydrogen-bond donors (Lipinski definition) is 1. The van der Waals surface area contributed by atoms with Gasteiger partial charge in [0, 0.05) is 12.2 Å². The van der Waals surface area contributed by atoms with Crippen molar-refractivity contribution in [3.63, 3.8) is 0 Å². The molecule has 102 valence electrons. The van der Waals surface area contributed by atoms with Gasteiger partial charge in [-0.05, 0) is 45.5 Å². The molecule has 1 N–H and O–H groups in total. The number of halogens is 1. The highest BCUT2D eigenvalue weighted by Gasteiger charge is 2.23. The maximum Gasteiger partial charge on any atom is 0.0934 e. The largest absolute Gasteiger partial charge is 0.307 e. The van der Waals surface area contributed by atoms with Crippen LogP contribution in [0.3, 0.4) is 0 Å². The Morgan fingerprint density at radius 3 is 2.68 bits per heavy atom. The molecule has 2 rings (SSSR count). The molecule has 0 spiro atoms. The number of nitrogens with zero attached hydrogens (tertiary/aromatic N) is 3. The summed E-state index contributed by atoms with van der Waals surface area (Å²) < 4.78 is 1.94. The monoisotopic (exact) mass is 278 g/mol. The van der Waals surface area contributed by atoms with E-state index < -0.39 is 0 Å². The molecule has 0 saturated carbocycles. The van der Waals surface area contributed by atoms with Crippen LogP contribution in [0.5, 0.6) is 0 Å². The first kappa shape index (κ1) is 14.0. The van der Waals surface area contributed by atoms with E-state index >= 15 is 0 Å². The van der Waals surface area contributed by atoms with Crippen molar-refractivity contribution in [2.24, 2.45) is 0 Å². The molecule has 2 heterocycles. The van der Waals surface area contributed by atoms with Crippen molar-refractivity contribution in [1.29, 1.82) is 0 Å². The number of pyridine rings is 1. The zero-order chi connectivity index (χ0) is 14.0. The van der Waals surface area contributed by atoms with Crippen LogP contribution in [0.1, 0.15) is 42.9 Å². The lowest BCUT2D eigenvalue weighted by Gasteiger charge is -2.20.